The lowest BCUT2D eigenvalue weighted by molar-refractivity contribution is -0.0500. The van der Waals surface area contributed by atoms with Gasteiger partial charge in [-0.15, -0.1) is 0 Å². The minimum absolute atomic E-state index is 0.453. The van der Waals surface area contributed by atoms with Crippen molar-refractivity contribution in [3.05, 3.63) is 29.6 Å². The zero-order valence-corrected chi connectivity index (χ0v) is 10.3. The third kappa shape index (κ3) is 4.33. The van der Waals surface area contributed by atoms with E-state index in [0.717, 1.165) is 0 Å². The van der Waals surface area contributed by atoms with Gasteiger partial charge in [-0.3, -0.25) is 0 Å². The van der Waals surface area contributed by atoms with Crippen LogP contribution in [-0.2, 0) is 21.4 Å². The van der Waals surface area contributed by atoms with Crippen LogP contribution in [0.15, 0.2) is 18.2 Å². The van der Waals surface area contributed by atoms with E-state index in [1.165, 1.54) is 0 Å². The highest BCUT2D eigenvalue weighted by Gasteiger charge is 2.48. The van der Waals surface area contributed by atoms with E-state index < -0.39 is 46.7 Å². The Morgan fingerprint density at radius 1 is 1.25 bits per heavy atom. The second-order valence-electron chi connectivity index (χ2n) is 3.37. The Labute approximate surface area is 110 Å². The zero-order chi connectivity index (χ0) is 15.6. The molecule has 2 N–H and O–H groups in total. The maximum Gasteiger partial charge on any atom is 0.634 e. The molecule has 0 saturated carbocycles. The molecule has 1 rings (SSSR count). The largest absolute Gasteiger partial charge is 0.634 e. The van der Waals surface area contributed by atoms with Crippen molar-refractivity contribution in [2.45, 2.75) is 12.1 Å². The van der Waals surface area contributed by atoms with E-state index in [1.807, 2.05) is 0 Å². The summed E-state index contributed by atoms with van der Waals surface area (Å²) in [7, 11) is -8.20. The first-order valence-corrected chi connectivity index (χ1v) is 6.20. The van der Waals surface area contributed by atoms with Crippen molar-refractivity contribution in [3.8, 4) is 5.75 Å². The maximum absolute atomic E-state index is 12.9. The van der Waals surface area contributed by atoms with Gasteiger partial charge in [-0.2, -0.15) is 21.6 Å². The number of benzene rings is 1. The summed E-state index contributed by atoms with van der Waals surface area (Å²) in [5.74, 6) is -1.75. The van der Waals surface area contributed by atoms with Crippen LogP contribution >= 0.6 is 0 Å². The summed E-state index contributed by atoms with van der Waals surface area (Å²) < 4.78 is 79.0. The molecule has 0 atom stereocenters. The lowest BCUT2D eigenvalue weighted by atomic mass is 10.2. The van der Waals surface area contributed by atoms with E-state index in [4.69, 9.17) is 10.0 Å². The quantitative estimate of drug-likeness (QED) is 0.356. The molecule has 12 heteroatoms. The van der Waals surface area contributed by atoms with Crippen LogP contribution in [0.4, 0.5) is 17.6 Å². The third-order valence-electron chi connectivity index (χ3n) is 1.89. The predicted molar refractivity (Wildman–Crippen MR) is 57.0 cm³/mol. The Morgan fingerprint density at radius 2 is 1.85 bits per heavy atom. The highest BCUT2D eigenvalue weighted by Crippen LogP contribution is 2.29. The second-order valence-corrected chi connectivity index (χ2v) is 4.91. The molecule has 0 fully saturated rings. The highest BCUT2D eigenvalue weighted by molar-refractivity contribution is 7.88. The summed E-state index contributed by atoms with van der Waals surface area (Å²) in [6.45, 7) is -0.780. The van der Waals surface area contributed by atoms with Crippen molar-refractivity contribution in [3.63, 3.8) is 0 Å². The number of halogens is 4. The van der Waals surface area contributed by atoms with Crippen LogP contribution in [-0.4, -0.2) is 31.3 Å². The number of hydrogen-bond donors (Lipinski definition) is 2. The normalized spacial score (nSPS) is 12.3. The molecule has 0 saturated heterocycles. The van der Waals surface area contributed by atoms with E-state index in [0.29, 0.717) is 18.2 Å². The molecular weight excluding hydrogens is 311 g/mol. The van der Waals surface area contributed by atoms with Crippen LogP contribution in [0.25, 0.3) is 0 Å². The lowest BCUT2D eigenvalue weighted by Gasteiger charge is -2.13. The monoisotopic (exact) mass is 318 g/mol. The molecule has 6 nitrogen and oxygen atoms in total. The van der Waals surface area contributed by atoms with E-state index >= 15 is 0 Å². The number of rotatable bonds is 5. The van der Waals surface area contributed by atoms with Gasteiger partial charge < -0.3 is 18.9 Å². The van der Waals surface area contributed by atoms with Gasteiger partial charge in [-0.25, -0.2) is 4.39 Å². The summed E-state index contributed by atoms with van der Waals surface area (Å²) in [6.07, 6.45) is 0. The number of hydrogen-bond acceptors (Lipinski definition) is 6. The van der Waals surface area contributed by atoms with Crippen molar-refractivity contribution in [1.29, 1.82) is 0 Å². The first kappa shape index (κ1) is 16.7. The molecule has 20 heavy (non-hydrogen) atoms. The van der Waals surface area contributed by atoms with Gasteiger partial charge in [-0.05, 0) is 18.2 Å². The Hall–Kier alpha value is -1.37. The van der Waals surface area contributed by atoms with Crippen LogP contribution in [0, 0.1) is 5.82 Å². The molecule has 1 aromatic carbocycles. The van der Waals surface area contributed by atoms with Gasteiger partial charge in [0.25, 0.3) is 0 Å². The van der Waals surface area contributed by atoms with Crippen LogP contribution < -0.4 is 4.18 Å². The average Bonchev–Trinajstić information content (AvgIpc) is 2.27. The topological polar surface area (TPSA) is 93.1 Å². The van der Waals surface area contributed by atoms with Gasteiger partial charge in [0.05, 0.1) is 6.61 Å². The fourth-order valence-corrected chi connectivity index (χ4v) is 1.57. The van der Waals surface area contributed by atoms with E-state index in [2.05, 4.69) is 8.84 Å². The fraction of sp³-hybridized carbons (Fsp3) is 0.250. The van der Waals surface area contributed by atoms with Crippen molar-refractivity contribution in [1.82, 2.24) is 0 Å². The minimum atomic E-state index is -5.93. The van der Waals surface area contributed by atoms with E-state index in [1.54, 1.807) is 0 Å². The SMILES string of the molecule is O=S(=O)(Oc1ccc(F)cc1COB(O)O)C(F)(F)F. The molecule has 0 aromatic heterocycles. The zero-order valence-electron chi connectivity index (χ0n) is 9.46. The summed E-state index contributed by atoms with van der Waals surface area (Å²) in [5.41, 5.74) is -6.11. The Bertz CT molecular complexity index is 573. The molecule has 0 spiro atoms. The Balaban J connectivity index is 3.06. The van der Waals surface area contributed by atoms with Crippen molar-refractivity contribution in [2.24, 2.45) is 0 Å². The molecular formula is C8H7BF4O6S. The summed E-state index contributed by atoms with van der Waals surface area (Å²) in [5, 5.41) is 16.9. The molecule has 1 aromatic rings. The maximum atomic E-state index is 12.9. The average molecular weight is 318 g/mol. The van der Waals surface area contributed by atoms with Crippen molar-refractivity contribution >= 4 is 17.4 Å². The predicted octanol–water partition coefficient (Wildman–Crippen LogP) is 0.540. The molecule has 0 aliphatic carbocycles. The van der Waals surface area contributed by atoms with Crippen LogP contribution in [0.1, 0.15) is 5.56 Å². The summed E-state index contributed by atoms with van der Waals surface area (Å²) in [4.78, 5) is 0. The second kappa shape index (κ2) is 5.95. The van der Waals surface area contributed by atoms with Gasteiger partial charge in [-0.1, -0.05) is 0 Å². The highest BCUT2D eigenvalue weighted by atomic mass is 32.2. The molecule has 0 aliphatic rings. The Kier molecular flexibility index (Phi) is 4.97. The Morgan fingerprint density at radius 3 is 2.35 bits per heavy atom. The van der Waals surface area contributed by atoms with Gasteiger partial charge in [0.15, 0.2) is 0 Å². The van der Waals surface area contributed by atoms with E-state index in [9.17, 15) is 26.0 Å². The van der Waals surface area contributed by atoms with Gasteiger partial charge in [0.2, 0.25) is 0 Å². The molecule has 0 radical (unpaired) electrons. The third-order valence-corrected chi connectivity index (χ3v) is 2.86. The molecule has 0 amide bonds. The molecule has 0 heterocycles. The molecule has 0 unspecified atom stereocenters. The summed E-state index contributed by atoms with van der Waals surface area (Å²) in [6, 6.07) is 1.94. The van der Waals surface area contributed by atoms with E-state index in [-0.39, 0.29) is 0 Å². The standard InChI is InChI=1S/C8H7BF4O6S/c10-6-1-2-7(5(3-6)4-18-9(14)15)19-20(16,17)8(11,12)13/h1-3,14-15H,4H2. The van der Waals surface area contributed by atoms with Crippen molar-refractivity contribution < 1.29 is 44.9 Å². The summed E-state index contributed by atoms with van der Waals surface area (Å²) >= 11 is 0. The van der Waals surface area contributed by atoms with Crippen LogP contribution in [0.5, 0.6) is 5.75 Å². The fourth-order valence-electron chi connectivity index (χ4n) is 1.07. The number of alkyl halides is 3. The lowest BCUT2D eigenvalue weighted by Crippen LogP contribution is -2.28. The van der Waals surface area contributed by atoms with Crippen LogP contribution in [0.3, 0.4) is 0 Å². The molecule has 112 valence electrons. The van der Waals surface area contributed by atoms with Gasteiger partial charge in [0, 0.05) is 5.56 Å². The molecule has 0 bridgehead atoms. The molecule has 0 aliphatic heterocycles. The van der Waals surface area contributed by atoms with Gasteiger partial charge in [0.1, 0.15) is 11.6 Å². The van der Waals surface area contributed by atoms with Gasteiger partial charge >= 0.3 is 22.9 Å². The smallest absolute Gasteiger partial charge is 0.402 e. The minimum Gasteiger partial charge on any atom is -0.402 e. The van der Waals surface area contributed by atoms with Crippen molar-refractivity contribution in [2.75, 3.05) is 0 Å². The first-order chi connectivity index (χ1) is 9.03. The van der Waals surface area contributed by atoms with Crippen LogP contribution in [0.2, 0.25) is 0 Å². The first-order valence-electron chi connectivity index (χ1n) is 4.80.